The molecule has 0 saturated heterocycles. The fourth-order valence-corrected chi connectivity index (χ4v) is 7.90. The summed E-state index contributed by atoms with van der Waals surface area (Å²) in [5.41, 5.74) is 12.4. The normalized spacial score (nSPS) is 11.6. The van der Waals surface area contributed by atoms with Crippen LogP contribution in [0.15, 0.2) is 199 Å². The molecule has 0 saturated carbocycles. The number of hydrogen-bond acceptors (Lipinski definition) is 4. The Kier molecular flexibility index (Phi) is 7.42. The van der Waals surface area contributed by atoms with E-state index in [4.69, 9.17) is 19.4 Å². The SMILES string of the molecule is c1ccc(-c2ccc(-c3nc(-c4ccccc4)nc(-c4ccc5c(c4)oc4cc(-n6c7ccccc7c7cc(-c8ccccc8)ccc76)ccc45)n3)cc2)cc1. The molecule has 0 radical (unpaired) electrons. The standard InChI is InChI=1S/C51H32N4O/c1-4-12-33(13-5-1)35-20-22-37(23-21-35)50-52-49(36-16-8-3-9-17-36)53-51(54-50)39-24-27-42-43-28-26-40(32-48(43)56-47(42)31-39)55-45-19-11-10-18-41(45)44-30-38(25-29-46(44)55)34-14-6-2-7-15-34/h1-32H. The van der Waals surface area contributed by atoms with Crippen molar-refractivity contribution in [3.63, 3.8) is 0 Å². The second kappa shape index (κ2) is 13.0. The summed E-state index contributed by atoms with van der Waals surface area (Å²) in [6.07, 6.45) is 0. The second-order valence-electron chi connectivity index (χ2n) is 14.1. The highest BCUT2D eigenvalue weighted by molar-refractivity contribution is 6.11. The van der Waals surface area contributed by atoms with Crippen LogP contribution in [-0.4, -0.2) is 19.5 Å². The maximum Gasteiger partial charge on any atom is 0.164 e. The number of benzene rings is 8. The Bertz CT molecular complexity index is 3220. The van der Waals surface area contributed by atoms with Crippen molar-refractivity contribution in [3.8, 4) is 62.1 Å². The van der Waals surface area contributed by atoms with Crippen molar-refractivity contribution >= 4 is 43.7 Å². The van der Waals surface area contributed by atoms with Crippen LogP contribution in [0.1, 0.15) is 0 Å². The third kappa shape index (κ3) is 5.45. The third-order valence-electron chi connectivity index (χ3n) is 10.7. The number of furan rings is 1. The summed E-state index contributed by atoms with van der Waals surface area (Å²) in [6, 6.07) is 67.5. The molecule has 0 N–H and O–H groups in total. The van der Waals surface area contributed by atoms with E-state index in [1.54, 1.807) is 0 Å². The molecule has 0 atom stereocenters. The topological polar surface area (TPSA) is 56.7 Å². The van der Waals surface area contributed by atoms with Gasteiger partial charge in [-0.05, 0) is 64.7 Å². The fourth-order valence-electron chi connectivity index (χ4n) is 7.90. The summed E-state index contributed by atoms with van der Waals surface area (Å²) >= 11 is 0. The van der Waals surface area contributed by atoms with Crippen molar-refractivity contribution < 1.29 is 4.42 Å². The van der Waals surface area contributed by atoms with Gasteiger partial charge in [-0.25, -0.2) is 15.0 Å². The van der Waals surface area contributed by atoms with Gasteiger partial charge >= 0.3 is 0 Å². The first-order valence-corrected chi connectivity index (χ1v) is 18.8. The Labute approximate surface area is 322 Å². The average molecular weight is 717 g/mol. The molecule has 8 aromatic carbocycles. The molecule has 3 heterocycles. The lowest BCUT2D eigenvalue weighted by Gasteiger charge is -2.09. The van der Waals surface area contributed by atoms with E-state index in [0.717, 1.165) is 60.9 Å². The Morgan fingerprint density at radius 2 is 0.768 bits per heavy atom. The van der Waals surface area contributed by atoms with E-state index in [9.17, 15) is 0 Å². The Morgan fingerprint density at radius 1 is 0.304 bits per heavy atom. The van der Waals surface area contributed by atoms with Gasteiger partial charge in [0.05, 0.1) is 11.0 Å². The summed E-state index contributed by atoms with van der Waals surface area (Å²) in [6.45, 7) is 0. The van der Waals surface area contributed by atoms with Crippen molar-refractivity contribution in [1.29, 1.82) is 0 Å². The van der Waals surface area contributed by atoms with E-state index >= 15 is 0 Å². The van der Waals surface area contributed by atoms with Crippen LogP contribution in [0.5, 0.6) is 0 Å². The zero-order chi connectivity index (χ0) is 37.0. The van der Waals surface area contributed by atoms with Crippen LogP contribution < -0.4 is 0 Å². The summed E-state index contributed by atoms with van der Waals surface area (Å²) in [5, 5.41) is 4.53. The molecule has 11 aromatic rings. The van der Waals surface area contributed by atoms with E-state index in [1.807, 2.05) is 42.5 Å². The Hall–Kier alpha value is -7.63. The smallest absolute Gasteiger partial charge is 0.164 e. The predicted octanol–water partition coefficient (Wildman–Crippen LogP) is 13.2. The molecule has 0 aliphatic carbocycles. The molecule has 0 fully saturated rings. The lowest BCUT2D eigenvalue weighted by atomic mass is 10.0. The molecule has 5 heteroatoms. The first-order valence-electron chi connectivity index (χ1n) is 18.8. The molecule has 11 rings (SSSR count). The molecule has 0 aliphatic rings. The van der Waals surface area contributed by atoms with Gasteiger partial charge in [-0.2, -0.15) is 0 Å². The highest BCUT2D eigenvalue weighted by Gasteiger charge is 2.17. The Morgan fingerprint density at radius 3 is 1.46 bits per heavy atom. The largest absolute Gasteiger partial charge is 0.456 e. The van der Waals surface area contributed by atoms with Crippen LogP contribution >= 0.6 is 0 Å². The number of fused-ring (bicyclic) bond motifs is 6. The lowest BCUT2D eigenvalue weighted by molar-refractivity contribution is 0.668. The molecule has 0 amide bonds. The highest BCUT2D eigenvalue weighted by Crippen LogP contribution is 2.38. The summed E-state index contributed by atoms with van der Waals surface area (Å²) in [5.74, 6) is 1.82. The van der Waals surface area contributed by atoms with Gasteiger partial charge in [0, 0.05) is 50.0 Å². The van der Waals surface area contributed by atoms with E-state index < -0.39 is 0 Å². The van der Waals surface area contributed by atoms with Gasteiger partial charge in [-0.1, -0.05) is 146 Å². The van der Waals surface area contributed by atoms with Gasteiger partial charge in [-0.15, -0.1) is 0 Å². The molecule has 5 nitrogen and oxygen atoms in total. The minimum Gasteiger partial charge on any atom is -0.456 e. The van der Waals surface area contributed by atoms with Crippen LogP contribution in [0.2, 0.25) is 0 Å². The average Bonchev–Trinajstić information content (AvgIpc) is 3.81. The van der Waals surface area contributed by atoms with Crippen LogP contribution in [0.25, 0.3) is 106 Å². The highest BCUT2D eigenvalue weighted by atomic mass is 16.3. The van der Waals surface area contributed by atoms with Gasteiger partial charge in [0.15, 0.2) is 17.5 Å². The summed E-state index contributed by atoms with van der Waals surface area (Å²) in [7, 11) is 0. The van der Waals surface area contributed by atoms with E-state index in [1.165, 1.54) is 27.5 Å². The molecule has 262 valence electrons. The molecule has 0 unspecified atom stereocenters. The van der Waals surface area contributed by atoms with Gasteiger partial charge in [0.1, 0.15) is 11.2 Å². The fraction of sp³-hybridized carbons (Fsp3) is 0. The third-order valence-corrected chi connectivity index (χ3v) is 10.7. The first kappa shape index (κ1) is 31.9. The quantitative estimate of drug-likeness (QED) is 0.172. The number of para-hydroxylation sites is 1. The second-order valence-corrected chi connectivity index (χ2v) is 14.1. The molecule has 56 heavy (non-hydrogen) atoms. The van der Waals surface area contributed by atoms with Crippen LogP contribution in [-0.2, 0) is 0 Å². The van der Waals surface area contributed by atoms with Gasteiger partial charge in [-0.3, -0.25) is 0 Å². The molecule has 0 spiro atoms. The van der Waals surface area contributed by atoms with Crippen LogP contribution in [0, 0.1) is 0 Å². The maximum atomic E-state index is 6.65. The molecule has 0 aliphatic heterocycles. The van der Waals surface area contributed by atoms with Crippen molar-refractivity contribution in [2.75, 3.05) is 0 Å². The van der Waals surface area contributed by atoms with Gasteiger partial charge in [0.2, 0.25) is 0 Å². The molecule has 3 aromatic heterocycles. The lowest BCUT2D eigenvalue weighted by Crippen LogP contribution is -2.00. The number of hydrogen-bond donors (Lipinski definition) is 0. The van der Waals surface area contributed by atoms with Crippen molar-refractivity contribution in [1.82, 2.24) is 19.5 Å². The monoisotopic (exact) mass is 716 g/mol. The summed E-state index contributed by atoms with van der Waals surface area (Å²) in [4.78, 5) is 15.0. The minimum atomic E-state index is 0.587. The molecular formula is C51H32N4O. The molecule has 0 bridgehead atoms. The zero-order valence-corrected chi connectivity index (χ0v) is 30.2. The number of aromatic nitrogens is 4. The van der Waals surface area contributed by atoms with Crippen molar-refractivity contribution in [2.45, 2.75) is 0 Å². The number of nitrogens with zero attached hydrogens (tertiary/aromatic N) is 4. The predicted molar refractivity (Wildman–Crippen MR) is 229 cm³/mol. The first-order chi connectivity index (χ1) is 27.7. The van der Waals surface area contributed by atoms with Gasteiger partial charge in [0.25, 0.3) is 0 Å². The molecular weight excluding hydrogens is 685 g/mol. The maximum absolute atomic E-state index is 6.65. The zero-order valence-electron chi connectivity index (χ0n) is 30.2. The van der Waals surface area contributed by atoms with Gasteiger partial charge < -0.3 is 8.98 Å². The van der Waals surface area contributed by atoms with Crippen molar-refractivity contribution in [2.24, 2.45) is 0 Å². The van der Waals surface area contributed by atoms with E-state index in [2.05, 4.69) is 156 Å². The minimum absolute atomic E-state index is 0.587. The Balaban J connectivity index is 1.01. The van der Waals surface area contributed by atoms with E-state index in [0.29, 0.717) is 17.5 Å². The van der Waals surface area contributed by atoms with E-state index in [-0.39, 0.29) is 0 Å². The number of rotatable bonds is 6. The summed E-state index contributed by atoms with van der Waals surface area (Å²) < 4.78 is 8.99. The van der Waals surface area contributed by atoms with Crippen LogP contribution in [0.3, 0.4) is 0 Å². The van der Waals surface area contributed by atoms with Crippen LogP contribution in [0.4, 0.5) is 0 Å². The van der Waals surface area contributed by atoms with Crippen molar-refractivity contribution in [3.05, 3.63) is 194 Å².